The van der Waals surface area contributed by atoms with Gasteiger partial charge >= 0.3 is 16.1 Å². The average molecular weight is 443 g/mol. The van der Waals surface area contributed by atoms with Crippen LogP contribution >= 0.6 is 0 Å². The van der Waals surface area contributed by atoms with Gasteiger partial charge in [0.2, 0.25) is 0 Å². The van der Waals surface area contributed by atoms with Gasteiger partial charge in [-0.1, -0.05) is 28.8 Å². The lowest BCUT2D eigenvalue weighted by Gasteiger charge is -2.20. The molecule has 0 saturated carbocycles. The van der Waals surface area contributed by atoms with Gasteiger partial charge in [0.1, 0.15) is 22.8 Å². The Labute approximate surface area is 183 Å². The van der Waals surface area contributed by atoms with Gasteiger partial charge in [0.25, 0.3) is 0 Å². The molecule has 31 heavy (non-hydrogen) atoms. The Hall–Kier alpha value is -2.80. The van der Waals surface area contributed by atoms with Crippen molar-refractivity contribution in [2.45, 2.75) is 58.0 Å². The standard InChI is InChI=1S/C24H26O6S/c1-14-8-10-18(11-9-14)31(26,27)30-23-19(12-17-7-5-6-15(17)2)22(28-4)16(3)20-13-29-24(25)21(20)23/h8-11H,5-7,12-13H2,1-4H3. The summed E-state index contributed by atoms with van der Waals surface area (Å²) < 4.78 is 42.9. The summed E-state index contributed by atoms with van der Waals surface area (Å²) in [6.45, 7) is 5.89. The molecule has 1 heterocycles. The number of cyclic esters (lactones) is 1. The van der Waals surface area contributed by atoms with Crippen molar-refractivity contribution >= 4 is 16.1 Å². The predicted molar refractivity (Wildman–Crippen MR) is 116 cm³/mol. The average Bonchev–Trinajstić information content (AvgIpc) is 3.31. The molecule has 0 radical (unpaired) electrons. The van der Waals surface area contributed by atoms with E-state index in [1.807, 2.05) is 13.8 Å². The highest BCUT2D eigenvalue weighted by molar-refractivity contribution is 7.87. The van der Waals surface area contributed by atoms with Crippen LogP contribution in [0.3, 0.4) is 0 Å². The van der Waals surface area contributed by atoms with Gasteiger partial charge in [-0.3, -0.25) is 0 Å². The van der Waals surface area contributed by atoms with Crippen molar-refractivity contribution in [3.05, 3.63) is 63.2 Å². The van der Waals surface area contributed by atoms with E-state index >= 15 is 0 Å². The Morgan fingerprint density at radius 2 is 1.74 bits per heavy atom. The zero-order chi connectivity index (χ0) is 22.3. The first-order chi connectivity index (χ1) is 14.7. The van der Waals surface area contributed by atoms with Crippen LogP contribution in [0.25, 0.3) is 0 Å². The van der Waals surface area contributed by atoms with Crippen LogP contribution in [-0.2, 0) is 27.9 Å². The van der Waals surface area contributed by atoms with Gasteiger partial charge < -0.3 is 13.7 Å². The fourth-order valence-electron chi connectivity index (χ4n) is 4.35. The van der Waals surface area contributed by atoms with Crippen LogP contribution in [-0.4, -0.2) is 21.5 Å². The van der Waals surface area contributed by atoms with Crippen molar-refractivity contribution in [2.75, 3.05) is 7.11 Å². The van der Waals surface area contributed by atoms with Gasteiger partial charge in [-0.25, -0.2) is 4.79 Å². The number of hydrogen-bond donors (Lipinski definition) is 0. The van der Waals surface area contributed by atoms with Crippen LogP contribution in [0.2, 0.25) is 0 Å². The molecule has 6 nitrogen and oxygen atoms in total. The third-order valence-electron chi connectivity index (χ3n) is 6.15. The van der Waals surface area contributed by atoms with Crippen molar-refractivity contribution in [1.82, 2.24) is 0 Å². The normalized spacial score (nSPS) is 15.8. The SMILES string of the molecule is COc1c(C)c2c(c(OS(=O)(=O)c3ccc(C)cc3)c1CC1=C(C)CCC1)C(=O)OC2. The predicted octanol–water partition coefficient (Wildman–Crippen LogP) is 4.79. The lowest BCUT2D eigenvalue weighted by atomic mass is 9.92. The van der Waals surface area contributed by atoms with E-state index in [2.05, 4.69) is 6.92 Å². The molecule has 0 atom stereocenters. The number of esters is 1. The minimum atomic E-state index is -4.16. The van der Waals surface area contributed by atoms with E-state index in [9.17, 15) is 13.2 Å². The molecule has 1 aliphatic carbocycles. The number of rotatable bonds is 6. The Morgan fingerprint density at radius 1 is 1.03 bits per heavy atom. The van der Waals surface area contributed by atoms with Gasteiger partial charge in [0.15, 0.2) is 5.75 Å². The van der Waals surface area contributed by atoms with Crippen LogP contribution in [0.1, 0.15) is 58.8 Å². The Kier molecular flexibility index (Phi) is 5.56. The number of ether oxygens (including phenoxy) is 2. The molecule has 2 aromatic carbocycles. The van der Waals surface area contributed by atoms with Gasteiger partial charge in [-0.15, -0.1) is 0 Å². The molecule has 1 aliphatic heterocycles. The fraction of sp³-hybridized carbons (Fsp3) is 0.375. The van der Waals surface area contributed by atoms with Crippen LogP contribution in [0, 0.1) is 13.8 Å². The van der Waals surface area contributed by atoms with Gasteiger partial charge in [-0.05, 0) is 57.7 Å². The number of allylic oxidation sites excluding steroid dienone is 2. The summed E-state index contributed by atoms with van der Waals surface area (Å²) >= 11 is 0. The summed E-state index contributed by atoms with van der Waals surface area (Å²) in [5.41, 5.74) is 5.58. The third-order valence-corrected chi connectivity index (χ3v) is 7.39. The second-order valence-corrected chi connectivity index (χ2v) is 9.71. The highest BCUT2D eigenvalue weighted by Crippen LogP contribution is 2.45. The zero-order valence-electron chi connectivity index (χ0n) is 18.2. The first-order valence-corrected chi connectivity index (χ1v) is 11.7. The molecule has 7 heteroatoms. The van der Waals surface area contributed by atoms with E-state index < -0.39 is 16.1 Å². The Morgan fingerprint density at radius 3 is 2.35 bits per heavy atom. The van der Waals surface area contributed by atoms with Crippen LogP contribution < -0.4 is 8.92 Å². The van der Waals surface area contributed by atoms with E-state index in [0.29, 0.717) is 23.3 Å². The summed E-state index contributed by atoms with van der Waals surface area (Å²) in [6.07, 6.45) is 3.48. The zero-order valence-corrected chi connectivity index (χ0v) is 19.0. The Bertz CT molecular complexity index is 1190. The van der Waals surface area contributed by atoms with Crippen LogP contribution in [0.4, 0.5) is 0 Å². The van der Waals surface area contributed by atoms with Gasteiger partial charge in [0, 0.05) is 17.5 Å². The van der Waals surface area contributed by atoms with Crippen molar-refractivity contribution in [3.63, 3.8) is 0 Å². The molecule has 2 aromatic rings. The summed E-state index contributed by atoms with van der Waals surface area (Å²) in [5.74, 6) is -0.0145. The number of benzene rings is 2. The molecule has 0 bridgehead atoms. The molecule has 4 rings (SSSR count). The van der Waals surface area contributed by atoms with E-state index in [0.717, 1.165) is 30.4 Å². The largest absolute Gasteiger partial charge is 0.496 e. The minimum Gasteiger partial charge on any atom is -0.496 e. The maximum atomic E-state index is 13.1. The second-order valence-electron chi connectivity index (χ2n) is 8.16. The molecule has 0 N–H and O–H groups in total. The van der Waals surface area contributed by atoms with E-state index in [1.165, 1.54) is 23.3 Å². The lowest BCUT2D eigenvalue weighted by molar-refractivity contribution is 0.0533. The molecule has 164 valence electrons. The molecule has 0 saturated heterocycles. The number of aryl methyl sites for hydroxylation is 1. The smallest absolute Gasteiger partial charge is 0.342 e. The van der Waals surface area contributed by atoms with Gasteiger partial charge in [0.05, 0.1) is 7.11 Å². The molecule has 0 fully saturated rings. The second kappa shape index (κ2) is 8.04. The van der Waals surface area contributed by atoms with Crippen molar-refractivity contribution in [3.8, 4) is 11.5 Å². The summed E-state index contributed by atoms with van der Waals surface area (Å²) in [7, 11) is -2.62. The molecular weight excluding hydrogens is 416 g/mol. The van der Waals surface area contributed by atoms with Gasteiger partial charge in [-0.2, -0.15) is 8.42 Å². The molecule has 0 unspecified atom stereocenters. The number of methoxy groups -OCH3 is 1. The number of fused-ring (bicyclic) bond motifs is 1. The Balaban J connectivity index is 1.91. The molecule has 2 aliphatic rings. The maximum Gasteiger partial charge on any atom is 0.342 e. The molecule has 0 spiro atoms. The summed E-state index contributed by atoms with van der Waals surface area (Å²) in [5, 5.41) is 0. The summed E-state index contributed by atoms with van der Waals surface area (Å²) in [4.78, 5) is 12.6. The van der Waals surface area contributed by atoms with Crippen molar-refractivity contribution in [2.24, 2.45) is 0 Å². The number of carbonyl (C=O) groups is 1. The molecule has 0 amide bonds. The molecule has 0 aromatic heterocycles. The highest BCUT2D eigenvalue weighted by Gasteiger charge is 2.36. The number of carbonyl (C=O) groups excluding carboxylic acids is 1. The monoisotopic (exact) mass is 442 g/mol. The van der Waals surface area contributed by atoms with E-state index in [4.69, 9.17) is 13.7 Å². The quantitative estimate of drug-likeness (QED) is 0.363. The molecular formula is C24H26O6S. The first kappa shape index (κ1) is 21.4. The topological polar surface area (TPSA) is 78.9 Å². The van der Waals surface area contributed by atoms with Crippen molar-refractivity contribution in [1.29, 1.82) is 0 Å². The van der Waals surface area contributed by atoms with Crippen LogP contribution in [0.5, 0.6) is 11.5 Å². The van der Waals surface area contributed by atoms with E-state index in [-0.39, 0.29) is 22.8 Å². The van der Waals surface area contributed by atoms with Crippen LogP contribution in [0.15, 0.2) is 40.3 Å². The number of hydrogen-bond acceptors (Lipinski definition) is 6. The van der Waals surface area contributed by atoms with Crippen molar-refractivity contribution < 1.29 is 26.9 Å². The van der Waals surface area contributed by atoms with E-state index in [1.54, 1.807) is 19.2 Å². The highest BCUT2D eigenvalue weighted by atomic mass is 32.2. The maximum absolute atomic E-state index is 13.1. The third kappa shape index (κ3) is 3.82. The minimum absolute atomic E-state index is 0.0210. The fourth-order valence-corrected chi connectivity index (χ4v) is 5.32. The first-order valence-electron chi connectivity index (χ1n) is 10.3. The lowest BCUT2D eigenvalue weighted by Crippen LogP contribution is -2.15. The summed E-state index contributed by atoms with van der Waals surface area (Å²) in [6, 6.07) is 6.41.